The highest BCUT2D eigenvalue weighted by Crippen LogP contribution is 2.56. The molecular weight excluding hydrogens is 1610 g/mol. The zero-order valence-electron chi connectivity index (χ0n) is 72.4. The number of hydrogen-bond donors (Lipinski definition) is 0. The maximum Gasteiger partial charge on any atom is 0.213 e. The van der Waals surface area contributed by atoms with E-state index in [1.54, 1.807) is 0 Å². The molecule has 30 rings (SSSR count). The van der Waals surface area contributed by atoms with Crippen molar-refractivity contribution in [3.63, 3.8) is 0 Å². The number of nitrogens with zero attached hydrogens (tertiary/aromatic N) is 6. The van der Waals surface area contributed by atoms with Gasteiger partial charge < -0.3 is 26.8 Å². The lowest BCUT2D eigenvalue weighted by Crippen LogP contribution is -2.17. The van der Waals surface area contributed by atoms with E-state index in [4.69, 9.17) is 17.7 Å². The van der Waals surface area contributed by atoms with Gasteiger partial charge in [-0.2, -0.15) is 0 Å². The van der Waals surface area contributed by atoms with Crippen molar-refractivity contribution in [2.24, 2.45) is 0 Å². The number of fused-ring (bicyclic) bond motifs is 32. The topological polar surface area (TPSA) is 82.1 Å². The van der Waals surface area contributed by atoms with Crippen molar-refractivity contribution >= 4 is 175 Å². The average molecular weight is 1690 g/mol. The summed E-state index contributed by atoms with van der Waals surface area (Å²) < 4.78 is 41.5. The number of aromatic nitrogens is 6. The molecule has 132 heavy (non-hydrogen) atoms. The molecule has 10 heteroatoms. The van der Waals surface area contributed by atoms with Crippen molar-refractivity contribution in [2.75, 3.05) is 0 Å². The standard InChI is InChI=1S/C64H38N4O2.C58H40N2O2/c1-3-15-41(16-4-1)65-53-23-11-7-19-45(53)49-37-43(29-33-55(49)65)67-57-31-27-39(35-51(57)61-47-21-9-13-25-59(47)69-63(61)67)40-28-32-58-52(36-40)62-48-22-10-14-26-60(48)70-64(62)68(58)44-30-34-56-50(38-44)46-20-8-12-24-54(46)66(56)42-17-5-2-6-18-42;1-57(2)43-21-9-5-15-35(43)37-19-13-23-47(53(37)57)59-45-29-27-33(31-41(45)51-39-17-7-11-25-49(39)61-55(51)59)34-28-30-46-42(32-34)52-40-18-8-12-26-50(40)62-56(52)60(46)48-24-14-20-38-36-16-6-10-22-44(36)58(3,4)54(38)48/h1-38H;5-32H,1-4H3. The number of benzene rings is 18. The molecule has 0 amide bonds. The lowest BCUT2D eigenvalue weighted by molar-refractivity contribution is 0.634. The Morgan fingerprint density at radius 1 is 0.182 bits per heavy atom. The van der Waals surface area contributed by atoms with E-state index < -0.39 is 0 Å². The van der Waals surface area contributed by atoms with Crippen molar-refractivity contribution in [2.45, 2.75) is 38.5 Å². The van der Waals surface area contributed by atoms with Crippen LogP contribution >= 0.6 is 0 Å². The molecule has 0 atom stereocenters. The minimum Gasteiger partial charge on any atom is -0.439 e. The maximum absolute atomic E-state index is 6.87. The summed E-state index contributed by atoms with van der Waals surface area (Å²) in [4.78, 5) is 0. The molecule has 10 nitrogen and oxygen atoms in total. The van der Waals surface area contributed by atoms with Crippen molar-refractivity contribution in [1.82, 2.24) is 27.4 Å². The van der Waals surface area contributed by atoms with Gasteiger partial charge in [-0.1, -0.05) is 270 Å². The molecular formula is C122H78N6O4. The minimum atomic E-state index is -0.189. The Morgan fingerprint density at radius 3 is 0.818 bits per heavy atom. The first-order valence-electron chi connectivity index (χ1n) is 45.5. The summed E-state index contributed by atoms with van der Waals surface area (Å²) in [6.45, 7) is 9.43. The molecule has 28 aromatic rings. The molecule has 0 unspecified atom stereocenters. The van der Waals surface area contributed by atoms with E-state index in [9.17, 15) is 0 Å². The second-order valence-corrected chi connectivity index (χ2v) is 36.9. The highest BCUT2D eigenvalue weighted by atomic mass is 16.4. The average Bonchev–Trinajstić information content (AvgIpc) is 1.53. The third-order valence-corrected chi connectivity index (χ3v) is 29.3. The lowest BCUT2D eigenvalue weighted by atomic mass is 9.81. The van der Waals surface area contributed by atoms with Gasteiger partial charge in [0.15, 0.2) is 0 Å². The number of para-hydroxylation sites is 8. The maximum atomic E-state index is 6.87. The second kappa shape index (κ2) is 26.8. The van der Waals surface area contributed by atoms with Crippen molar-refractivity contribution in [1.29, 1.82) is 0 Å². The SMILES string of the molecule is CC1(C)c2ccccc2-c2cccc(-n3c4ccc(-c5ccc6c(c5)c5c7ccccc7oc5n6-c5cccc6c5C(C)(C)c5ccccc5-6)cc4c4c5ccccc5oc43)c21.c1ccc(-n2c3ccccc3c3cc(-n4c5ccc(-c6ccc7c(c6)c6c8ccccc8oc6n7-c6ccc7c(c6)c6ccccc6n7-c6ccccc6)cc5c5c6ccccc6oc54)ccc32)cc1. The molecule has 0 radical (unpaired) electrons. The summed E-state index contributed by atoms with van der Waals surface area (Å²) >= 11 is 0. The van der Waals surface area contributed by atoms with E-state index in [-0.39, 0.29) is 10.8 Å². The zero-order valence-corrected chi connectivity index (χ0v) is 72.4. The molecule has 18 aromatic carbocycles. The first-order valence-corrected chi connectivity index (χ1v) is 45.5. The van der Waals surface area contributed by atoms with E-state index in [1.807, 2.05) is 0 Å². The van der Waals surface area contributed by atoms with Crippen LogP contribution in [0.15, 0.2) is 418 Å². The Bertz CT molecular complexity index is 9320. The van der Waals surface area contributed by atoms with Crippen molar-refractivity contribution in [3.8, 4) is 78.6 Å². The molecule has 0 saturated heterocycles. The summed E-state index contributed by atoms with van der Waals surface area (Å²) in [7, 11) is 0. The van der Waals surface area contributed by atoms with Gasteiger partial charge in [0.25, 0.3) is 0 Å². The Labute approximate surface area is 755 Å². The van der Waals surface area contributed by atoms with Gasteiger partial charge in [-0.15, -0.1) is 0 Å². The number of rotatable bonds is 8. The first-order chi connectivity index (χ1) is 65.0. The molecule has 0 fully saturated rings. The van der Waals surface area contributed by atoms with Crippen LogP contribution in [0.1, 0.15) is 49.9 Å². The van der Waals surface area contributed by atoms with Gasteiger partial charge in [0, 0.05) is 98.2 Å². The van der Waals surface area contributed by atoms with Crippen LogP contribution in [0.3, 0.4) is 0 Å². The Morgan fingerprint density at radius 2 is 0.455 bits per heavy atom. The molecule has 2 aliphatic rings. The fraction of sp³-hybridized carbons (Fsp3) is 0.0492. The second-order valence-electron chi connectivity index (χ2n) is 36.9. The van der Waals surface area contributed by atoms with Gasteiger partial charge in [0.2, 0.25) is 22.9 Å². The van der Waals surface area contributed by atoms with Crippen LogP contribution in [0.25, 0.3) is 254 Å². The van der Waals surface area contributed by atoms with Crippen molar-refractivity contribution in [3.05, 3.63) is 423 Å². The van der Waals surface area contributed by atoms with Gasteiger partial charge in [0.05, 0.1) is 77.1 Å². The van der Waals surface area contributed by atoms with Gasteiger partial charge in [-0.05, 0) is 224 Å². The van der Waals surface area contributed by atoms with Crippen LogP contribution in [0.2, 0.25) is 0 Å². The Hall–Kier alpha value is -17.1. The van der Waals surface area contributed by atoms with E-state index in [1.165, 1.54) is 87.9 Å². The first kappa shape index (κ1) is 73.0. The number of furan rings is 4. The molecule has 0 N–H and O–H groups in total. The smallest absolute Gasteiger partial charge is 0.213 e. The summed E-state index contributed by atoms with van der Waals surface area (Å²) in [5.41, 5.74) is 37.5. The summed E-state index contributed by atoms with van der Waals surface area (Å²) in [6, 6.07) is 145. The molecule has 0 aliphatic heterocycles. The quantitative estimate of drug-likeness (QED) is 0.152. The predicted octanol–water partition coefficient (Wildman–Crippen LogP) is 32.9. The van der Waals surface area contributed by atoms with Crippen molar-refractivity contribution < 1.29 is 17.7 Å². The molecule has 620 valence electrons. The Kier molecular flexibility index (Phi) is 14.8. The predicted molar refractivity (Wildman–Crippen MR) is 544 cm³/mol. The van der Waals surface area contributed by atoms with E-state index in [0.29, 0.717) is 0 Å². The van der Waals surface area contributed by atoms with Gasteiger partial charge in [0.1, 0.15) is 22.3 Å². The molecule has 10 heterocycles. The molecule has 0 bridgehead atoms. The summed E-state index contributed by atoms with van der Waals surface area (Å²) in [5.74, 6) is 0. The van der Waals surface area contributed by atoms with Crippen LogP contribution in [0.5, 0.6) is 0 Å². The van der Waals surface area contributed by atoms with Crippen LogP contribution in [-0.4, -0.2) is 27.4 Å². The highest BCUT2D eigenvalue weighted by Gasteiger charge is 2.41. The van der Waals surface area contributed by atoms with Gasteiger partial charge >= 0.3 is 0 Å². The molecule has 0 saturated carbocycles. The lowest BCUT2D eigenvalue weighted by Gasteiger charge is -2.25. The molecule has 10 aromatic heterocycles. The van der Waals surface area contributed by atoms with E-state index in [2.05, 4.69) is 455 Å². The van der Waals surface area contributed by atoms with Crippen LogP contribution < -0.4 is 0 Å². The number of hydrogen-bond acceptors (Lipinski definition) is 4. The fourth-order valence-electron chi connectivity index (χ4n) is 23.6. The third-order valence-electron chi connectivity index (χ3n) is 29.3. The largest absolute Gasteiger partial charge is 0.439 e. The summed E-state index contributed by atoms with van der Waals surface area (Å²) in [6.07, 6.45) is 0. The Balaban J connectivity index is 0.000000130. The highest BCUT2D eigenvalue weighted by molar-refractivity contribution is 6.26. The monoisotopic (exact) mass is 1690 g/mol. The van der Waals surface area contributed by atoms with Crippen LogP contribution in [0.4, 0.5) is 0 Å². The minimum absolute atomic E-state index is 0.189. The third kappa shape index (κ3) is 9.96. The zero-order chi connectivity index (χ0) is 86.8. The summed E-state index contributed by atoms with van der Waals surface area (Å²) in [5, 5.41) is 18.4. The van der Waals surface area contributed by atoms with Crippen LogP contribution in [-0.2, 0) is 10.8 Å². The van der Waals surface area contributed by atoms with E-state index in [0.717, 1.165) is 189 Å². The van der Waals surface area contributed by atoms with Crippen LogP contribution in [0, 0.1) is 0 Å². The van der Waals surface area contributed by atoms with Gasteiger partial charge in [-0.25, -0.2) is 0 Å². The van der Waals surface area contributed by atoms with Gasteiger partial charge in [-0.3, -0.25) is 18.3 Å². The normalized spacial score (nSPS) is 13.4. The fourth-order valence-corrected chi connectivity index (χ4v) is 23.6. The molecule has 2 aliphatic carbocycles. The molecule has 0 spiro atoms. The van der Waals surface area contributed by atoms with E-state index >= 15 is 0 Å².